The van der Waals surface area contributed by atoms with Gasteiger partial charge in [-0.25, -0.2) is 4.79 Å². The van der Waals surface area contributed by atoms with E-state index >= 15 is 0 Å². The number of nitrogens with one attached hydrogen (secondary N) is 2. The Morgan fingerprint density at radius 3 is 2.67 bits per heavy atom. The third kappa shape index (κ3) is 3.88. The number of urea groups is 1. The van der Waals surface area contributed by atoms with Gasteiger partial charge in [0.05, 0.1) is 18.3 Å². The molecule has 2 rings (SSSR count). The number of rotatable bonds is 4. The largest absolute Gasteiger partial charge is 0.495 e. The van der Waals surface area contributed by atoms with Gasteiger partial charge in [0.2, 0.25) is 0 Å². The first-order valence-electron chi connectivity index (χ1n) is 7.51. The van der Waals surface area contributed by atoms with E-state index in [-0.39, 0.29) is 11.6 Å². The molecule has 0 radical (unpaired) electrons. The molecule has 1 aliphatic carbocycles. The second-order valence-corrected chi connectivity index (χ2v) is 5.95. The number of methoxy groups -OCH3 is 1. The number of carbonyl (C=O) groups is 1. The number of nitrogens with two attached hydrogens (primary N) is 1. The number of hydrogen-bond acceptors (Lipinski definition) is 3. The van der Waals surface area contributed by atoms with E-state index < -0.39 is 0 Å². The Kier molecular flexibility index (Phi) is 5.07. The summed E-state index contributed by atoms with van der Waals surface area (Å²) in [5, 5.41) is 5.92. The molecule has 2 amide bonds. The van der Waals surface area contributed by atoms with Gasteiger partial charge in [0, 0.05) is 6.54 Å². The lowest BCUT2D eigenvalue weighted by molar-refractivity contribution is 0.196. The minimum Gasteiger partial charge on any atom is -0.495 e. The van der Waals surface area contributed by atoms with E-state index in [1.807, 2.05) is 24.3 Å². The van der Waals surface area contributed by atoms with Gasteiger partial charge in [0.15, 0.2) is 0 Å². The highest BCUT2D eigenvalue weighted by atomic mass is 16.5. The molecule has 0 unspecified atom stereocenters. The summed E-state index contributed by atoms with van der Waals surface area (Å²) in [6.07, 6.45) is 4.08. The third-order valence-electron chi connectivity index (χ3n) is 4.36. The summed E-state index contributed by atoms with van der Waals surface area (Å²) < 4.78 is 5.23. The molecule has 1 fully saturated rings. The molecule has 4 N–H and O–H groups in total. The molecule has 0 spiro atoms. The number of amides is 2. The van der Waals surface area contributed by atoms with Crippen molar-refractivity contribution in [3.63, 3.8) is 0 Å². The summed E-state index contributed by atoms with van der Waals surface area (Å²) in [5.41, 5.74) is 6.30. The second-order valence-electron chi connectivity index (χ2n) is 5.95. The average Bonchev–Trinajstić information content (AvgIpc) is 2.50. The molecule has 0 bridgehead atoms. The number of benzene rings is 1. The fourth-order valence-corrected chi connectivity index (χ4v) is 2.84. The lowest BCUT2D eigenvalue weighted by Gasteiger charge is -2.39. The molecule has 0 atom stereocenters. The fraction of sp³-hybridized carbons (Fsp3) is 0.562. The van der Waals surface area contributed by atoms with E-state index in [4.69, 9.17) is 10.5 Å². The predicted molar refractivity (Wildman–Crippen MR) is 84.6 cm³/mol. The van der Waals surface area contributed by atoms with E-state index in [2.05, 4.69) is 17.6 Å². The van der Waals surface area contributed by atoms with Crippen molar-refractivity contribution >= 4 is 11.7 Å². The van der Waals surface area contributed by atoms with Crippen LogP contribution in [0.4, 0.5) is 10.5 Å². The summed E-state index contributed by atoms with van der Waals surface area (Å²) in [6, 6.07) is 7.14. The lowest BCUT2D eigenvalue weighted by Crippen LogP contribution is -2.56. The molecule has 5 nitrogen and oxygen atoms in total. The van der Waals surface area contributed by atoms with Gasteiger partial charge in [0.1, 0.15) is 5.75 Å². The number of carbonyl (C=O) groups excluding carboxylic acids is 1. The van der Waals surface area contributed by atoms with Crippen LogP contribution in [-0.2, 0) is 0 Å². The monoisotopic (exact) mass is 291 g/mol. The topological polar surface area (TPSA) is 76.4 Å². The minimum atomic E-state index is -0.279. The highest BCUT2D eigenvalue weighted by Gasteiger charge is 2.34. The maximum atomic E-state index is 12.3. The number of hydrogen-bond donors (Lipinski definition) is 3. The van der Waals surface area contributed by atoms with Crippen LogP contribution in [0.2, 0.25) is 0 Å². The molecule has 1 aromatic rings. The van der Waals surface area contributed by atoms with Gasteiger partial charge in [-0.05, 0) is 43.7 Å². The van der Waals surface area contributed by atoms with Crippen LogP contribution < -0.4 is 21.1 Å². The molecular weight excluding hydrogens is 266 g/mol. The van der Waals surface area contributed by atoms with Crippen LogP contribution in [-0.4, -0.2) is 25.2 Å². The smallest absolute Gasteiger partial charge is 0.319 e. The van der Waals surface area contributed by atoms with Gasteiger partial charge in [-0.1, -0.05) is 19.1 Å². The van der Waals surface area contributed by atoms with Crippen LogP contribution >= 0.6 is 0 Å². The van der Waals surface area contributed by atoms with Crippen molar-refractivity contribution in [1.82, 2.24) is 5.32 Å². The average molecular weight is 291 g/mol. The predicted octanol–water partition coefficient (Wildman–Crippen LogP) is 2.72. The third-order valence-corrected chi connectivity index (χ3v) is 4.36. The zero-order valence-electron chi connectivity index (χ0n) is 12.8. The molecule has 0 heterocycles. The lowest BCUT2D eigenvalue weighted by atomic mass is 9.77. The van der Waals surface area contributed by atoms with Crippen molar-refractivity contribution in [3.05, 3.63) is 24.3 Å². The van der Waals surface area contributed by atoms with Crippen molar-refractivity contribution in [2.45, 2.75) is 38.1 Å². The Bertz CT molecular complexity index is 482. The van der Waals surface area contributed by atoms with E-state index in [0.29, 0.717) is 23.9 Å². The Hall–Kier alpha value is -1.75. The Balaban J connectivity index is 2.00. The van der Waals surface area contributed by atoms with Gasteiger partial charge >= 0.3 is 6.03 Å². The van der Waals surface area contributed by atoms with Crippen LogP contribution in [0.5, 0.6) is 5.75 Å². The molecule has 0 aromatic heterocycles. The van der Waals surface area contributed by atoms with Crippen LogP contribution in [0, 0.1) is 5.92 Å². The Morgan fingerprint density at radius 1 is 1.38 bits per heavy atom. The van der Waals surface area contributed by atoms with E-state index in [9.17, 15) is 4.79 Å². The van der Waals surface area contributed by atoms with E-state index in [0.717, 1.165) is 25.7 Å². The molecular formula is C16H25N3O2. The van der Waals surface area contributed by atoms with Crippen molar-refractivity contribution < 1.29 is 9.53 Å². The SMILES string of the molecule is COc1ccccc1NC(=O)NC1(CN)CCC(C)CC1. The number of ether oxygens (including phenoxy) is 1. The normalized spacial score (nSPS) is 25.2. The standard InChI is InChI=1S/C16H25N3O2/c1-12-7-9-16(11-17,10-8-12)19-15(20)18-13-5-3-4-6-14(13)21-2/h3-6,12H,7-11,17H2,1-2H3,(H2,18,19,20). The van der Waals surface area contributed by atoms with Crippen molar-refractivity contribution in [2.24, 2.45) is 11.7 Å². The maximum Gasteiger partial charge on any atom is 0.319 e. The van der Waals surface area contributed by atoms with Crippen LogP contribution in [0.3, 0.4) is 0 Å². The minimum absolute atomic E-state index is 0.223. The van der Waals surface area contributed by atoms with E-state index in [1.54, 1.807) is 7.11 Å². The molecule has 21 heavy (non-hydrogen) atoms. The summed E-state index contributed by atoms with van der Waals surface area (Å²) >= 11 is 0. The van der Waals surface area contributed by atoms with Gasteiger partial charge in [0.25, 0.3) is 0 Å². The molecule has 1 saturated carbocycles. The van der Waals surface area contributed by atoms with Crippen LogP contribution in [0.1, 0.15) is 32.6 Å². The molecule has 1 aliphatic rings. The van der Waals surface area contributed by atoms with Crippen molar-refractivity contribution in [1.29, 1.82) is 0 Å². The summed E-state index contributed by atoms with van der Waals surface area (Å²) in [5.74, 6) is 1.36. The Labute approximate surface area is 126 Å². The summed E-state index contributed by atoms with van der Waals surface area (Å²) in [7, 11) is 1.59. The molecule has 5 heteroatoms. The van der Waals surface area contributed by atoms with Gasteiger partial charge in [-0.3, -0.25) is 0 Å². The van der Waals surface area contributed by atoms with Gasteiger partial charge in [-0.15, -0.1) is 0 Å². The fourth-order valence-electron chi connectivity index (χ4n) is 2.84. The highest BCUT2D eigenvalue weighted by Crippen LogP contribution is 2.31. The first kappa shape index (κ1) is 15.6. The summed E-state index contributed by atoms with van der Waals surface area (Å²) in [4.78, 5) is 12.3. The van der Waals surface area contributed by atoms with Gasteiger partial charge in [-0.2, -0.15) is 0 Å². The quantitative estimate of drug-likeness (QED) is 0.798. The summed E-state index contributed by atoms with van der Waals surface area (Å²) in [6.45, 7) is 2.72. The zero-order chi connectivity index (χ0) is 15.3. The molecule has 1 aromatic carbocycles. The van der Waals surface area contributed by atoms with Crippen molar-refractivity contribution in [2.75, 3.05) is 19.0 Å². The highest BCUT2D eigenvalue weighted by molar-refractivity contribution is 5.91. The second kappa shape index (κ2) is 6.80. The molecule has 0 saturated heterocycles. The van der Waals surface area contributed by atoms with Crippen LogP contribution in [0.25, 0.3) is 0 Å². The van der Waals surface area contributed by atoms with E-state index in [1.165, 1.54) is 0 Å². The first-order valence-corrected chi connectivity index (χ1v) is 7.51. The zero-order valence-corrected chi connectivity index (χ0v) is 12.8. The van der Waals surface area contributed by atoms with Gasteiger partial charge < -0.3 is 21.1 Å². The van der Waals surface area contributed by atoms with Crippen molar-refractivity contribution in [3.8, 4) is 5.75 Å². The maximum absolute atomic E-state index is 12.3. The first-order chi connectivity index (χ1) is 10.1. The molecule has 116 valence electrons. The number of para-hydroxylation sites is 2. The Morgan fingerprint density at radius 2 is 2.05 bits per heavy atom. The molecule has 0 aliphatic heterocycles. The number of anilines is 1. The van der Waals surface area contributed by atoms with Crippen LogP contribution in [0.15, 0.2) is 24.3 Å².